The molecule has 0 unspecified atom stereocenters. The highest BCUT2D eigenvalue weighted by molar-refractivity contribution is 5.80. The molecule has 2 saturated heterocycles. The van der Waals surface area contributed by atoms with Crippen molar-refractivity contribution in [3.05, 3.63) is 58.5 Å². The first kappa shape index (κ1) is 22.5. The van der Waals surface area contributed by atoms with E-state index in [1.165, 1.54) is 4.68 Å². The largest absolute Gasteiger partial charge is 0.369 e. The third-order valence-corrected chi connectivity index (χ3v) is 6.47. The molecule has 0 N–H and O–H groups in total. The van der Waals surface area contributed by atoms with Gasteiger partial charge in [-0.1, -0.05) is 44.2 Å². The number of hydrogen-bond acceptors (Lipinski definition) is 5. The number of anilines is 1. The molecule has 2 aliphatic rings. The maximum absolute atomic E-state index is 13.2. The Morgan fingerprint density at radius 1 is 1.09 bits per heavy atom. The van der Waals surface area contributed by atoms with Crippen molar-refractivity contribution >= 4 is 11.6 Å². The monoisotopic (exact) mass is 437 g/mol. The van der Waals surface area contributed by atoms with Crippen molar-refractivity contribution in [3.63, 3.8) is 0 Å². The molecule has 172 valence electrons. The van der Waals surface area contributed by atoms with Gasteiger partial charge in [-0.2, -0.15) is 5.10 Å². The van der Waals surface area contributed by atoms with Crippen LogP contribution in [0.2, 0.25) is 0 Å². The minimum atomic E-state index is -0.110. The predicted octanol–water partition coefficient (Wildman–Crippen LogP) is 2.31. The van der Waals surface area contributed by atoms with Gasteiger partial charge < -0.3 is 9.80 Å². The summed E-state index contributed by atoms with van der Waals surface area (Å²) in [5.41, 5.74) is 1.76. The summed E-state index contributed by atoms with van der Waals surface area (Å²) in [6, 6.07) is 11.5. The quantitative estimate of drug-likeness (QED) is 0.694. The molecule has 2 fully saturated rings. The highest BCUT2D eigenvalue weighted by atomic mass is 16.2. The van der Waals surface area contributed by atoms with Crippen LogP contribution in [-0.4, -0.2) is 71.3 Å². The summed E-state index contributed by atoms with van der Waals surface area (Å²) in [6.07, 6.45) is 3.64. The standard InChI is InChI=1S/C25H35N5O2/c1-20(2)17-27-11-13-28(14-12-27)25(32)22-9-6-10-29(19-22)23-15-24(31)30(26-16-23)18-21-7-4-3-5-8-21/h3-5,7-8,15-16,20,22H,6,9-14,17-19H2,1-2H3/t22-/m1/s1. The van der Waals surface area contributed by atoms with E-state index in [1.807, 2.05) is 35.2 Å². The van der Waals surface area contributed by atoms with Crippen molar-refractivity contribution in [1.29, 1.82) is 0 Å². The molecule has 2 aromatic rings. The number of rotatable bonds is 6. The van der Waals surface area contributed by atoms with Gasteiger partial charge in [0, 0.05) is 51.9 Å². The fourth-order valence-electron chi connectivity index (χ4n) is 4.81. The van der Waals surface area contributed by atoms with E-state index in [4.69, 9.17) is 0 Å². The Morgan fingerprint density at radius 3 is 2.53 bits per heavy atom. The van der Waals surface area contributed by atoms with Crippen molar-refractivity contribution in [2.75, 3.05) is 50.7 Å². The Hall–Kier alpha value is -2.67. The van der Waals surface area contributed by atoms with Gasteiger partial charge in [0.15, 0.2) is 0 Å². The molecule has 0 aliphatic carbocycles. The van der Waals surface area contributed by atoms with E-state index >= 15 is 0 Å². The molecule has 0 saturated carbocycles. The molecule has 1 aromatic heterocycles. The fourth-order valence-corrected chi connectivity index (χ4v) is 4.81. The molecule has 0 bridgehead atoms. The summed E-state index contributed by atoms with van der Waals surface area (Å²) in [7, 11) is 0. The van der Waals surface area contributed by atoms with Gasteiger partial charge in [0.2, 0.25) is 5.91 Å². The molecular weight excluding hydrogens is 402 g/mol. The molecule has 7 heteroatoms. The van der Waals surface area contributed by atoms with Crippen molar-refractivity contribution in [2.45, 2.75) is 33.2 Å². The normalized spacial score (nSPS) is 20.0. The van der Waals surface area contributed by atoms with Gasteiger partial charge in [0.1, 0.15) is 0 Å². The minimum absolute atomic E-state index is 0.00727. The van der Waals surface area contributed by atoms with Crippen LogP contribution in [0.25, 0.3) is 0 Å². The van der Waals surface area contributed by atoms with Gasteiger partial charge in [-0.25, -0.2) is 4.68 Å². The molecular formula is C25H35N5O2. The predicted molar refractivity (Wildman–Crippen MR) is 127 cm³/mol. The van der Waals surface area contributed by atoms with Crippen LogP contribution < -0.4 is 10.5 Å². The first-order valence-electron chi connectivity index (χ1n) is 11.9. The highest BCUT2D eigenvalue weighted by Crippen LogP contribution is 2.24. The zero-order valence-corrected chi connectivity index (χ0v) is 19.3. The number of benzene rings is 1. The lowest BCUT2D eigenvalue weighted by molar-refractivity contribution is -0.137. The zero-order chi connectivity index (χ0) is 22.5. The molecule has 7 nitrogen and oxygen atoms in total. The lowest BCUT2D eigenvalue weighted by Crippen LogP contribution is -2.53. The number of nitrogens with zero attached hydrogens (tertiary/aromatic N) is 5. The van der Waals surface area contributed by atoms with Gasteiger partial charge in [-0.05, 0) is 24.3 Å². The minimum Gasteiger partial charge on any atom is -0.369 e. The molecule has 4 rings (SSSR count). The first-order chi connectivity index (χ1) is 15.5. The van der Waals surface area contributed by atoms with Crippen molar-refractivity contribution < 1.29 is 4.79 Å². The molecule has 3 heterocycles. The Labute approximate surface area is 190 Å². The van der Waals surface area contributed by atoms with E-state index in [0.29, 0.717) is 19.0 Å². The number of hydrogen-bond donors (Lipinski definition) is 0. The second-order valence-electron chi connectivity index (χ2n) is 9.50. The van der Waals surface area contributed by atoms with Crippen LogP contribution in [0.4, 0.5) is 5.69 Å². The molecule has 0 radical (unpaired) electrons. The van der Waals surface area contributed by atoms with Crippen molar-refractivity contribution in [3.8, 4) is 0 Å². The number of carbonyl (C=O) groups excluding carboxylic acids is 1. The van der Waals surface area contributed by atoms with Gasteiger partial charge in [-0.15, -0.1) is 0 Å². The lowest BCUT2D eigenvalue weighted by atomic mass is 9.96. The van der Waals surface area contributed by atoms with Crippen LogP contribution in [0.3, 0.4) is 0 Å². The van der Waals surface area contributed by atoms with Crippen LogP contribution in [0.15, 0.2) is 47.4 Å². The van der Waals surface area contributed by atoms with E-state index in [0.717, 1.165) is 63.4 Å². The van der Waals surface area contributed by atoms with Crippen LogP contribution in [0.1, 0.15) is 32.3 Å². The van der Waals surface area contributed by atoms with E-state index in [9.17, 15) is 9.59 Å². The average Bonchev–Trinajstić information content (AvgIpc) is 2.81. The molecule has 1 amide bonds. The van der Waals surface area contributed by atoms with E-state index in [-0.39, 0.29) is 17.4 Å². The Balaban J connectivity index is 1.36. The molecule has 1 aromatic carbocycles. The zero-order valence-electron chi connectivity index (χ0n) is 19.3. The second-order valence-corrected chi connectivity index (χ2v) is 9.50. The number of piperazine rings is 1. The molecule has 0 spiro atoms. The third-order valence-electron chi connectivity index (χ3n) is 6.47. The Kier molecular flexibility index (Phi) is 7.25. The SMILES string of the molecule is CC(C)CN1CCN(C(=O)[C@@H]2CCCN(c3cnn(Cc4ccccc4)c(=O)c3)C2)CC1. The van der Waals surface area contributed by atoms with Crippen LogP contribution in [-0.2, 0) is 11.3 Å². The van der Waals surface area contributed by atoms with Crippen molar-refractivity contribution in [1.82, 2.24) is 19.6 Å². The van der Waals surface area contributed by atoms with E-state index < -0.39 is 0 Å². The average molecular weight is 438 g/mol. The second kappa shape index (κ2) is 10.3. The summed E-state index contributed by atoms with van der Waals surface area (Å²) in [4.78, 5) is 32.5. The summed E-state index contributed by atoms with van der Waals surface area (Å²) in [5, 5.41) is 4.40. The van der Waals surface area contributed by atoms with Crippen LogP contribution >= 0.6 is 0 Å². The topological polar surface area (TPSA) is 61.7 Å². The molecule has 32 heavy (non-hydrogen) atoms. The van der Waals surface area contributed by atoms with Crippen molar-refractivity contribution in [2.24, 2.45) is 11.8 Å². The summed E-state index contributed by atoms with van der Waals surface area (Å²) >= 11 is 0. The fraction of sp³-hybridized carbons (Fsp3) is 0.560. The molecule has 1 atom stereocenters. The summed E-state index contributed by atoms with van der Waals surface area (Å²) in [6.45, 7) is 11.1. The van der Waals surface area contributed by atoms with Gasteiger partial charge in [0.25, 0.3) is 5.56 Å². The Morgan fingerprint density at radius 2 is 1.84 bits per heavy atom. The molecule has 2 aliphatic heterocycles. The Bertz CT molecular complexity index is 950. The lowest BCUT2D eigenvalue weighted by Gasteiger charge is -2.39. The summed E-state index contributed by atoms with van der Waals surface area (Å²) < 4.78 is 1.49. The van der Waals surface area contributed by atoms with Gasteiger partial charge >= 0.3 is 0 Å². The highest BCUT2D eigenvalue weighted by Gasteiger charge is 2.31. The van der Waals surface area contributed by atoms with E-state index in [2.05, 4.69) is 28.7 Å². The van der Waals surface area contributed by atoms with Crippen LogP contribution in [0.5, 0.6) is 0 Å². The third kappa shape index (κ3) is 5.57. The maximum Gasteiger partial charge on any atom is 0.269 e. The summed E-state index contributed by atoms with van der Waals surface area (Å²) in [5.74, 6) is 0.914. The van der Waals surface area contributed by atoms with Gasteiger partial charge in [0.05, 0.1) is 24.3 Å². The number of piperidine rings is 1. The smallest absolute Gasteiger partial charge is 0.269 e. The van der Waals surface area contributed by atoms with Crippen LogP contribution in [0, 0.1) is 11.8 Å². The first-order valence-corrected chi connectivity index (χ1v) is 11.9. The number of aromatic nitrogens is 2. The number of carbonyl (C=O) groups is 1. The number of amides is 1. The van der Waals surface area contributed by atoms with Gasteiger partial charge in [-0.3, -0.25) is 14.5 Å². The maximum atomic E-state index is 13.2. The van der Waals surface area contributed by atoms with E-state index in [1.54, 1.807) is 12.3 Å².